The summed E-state index contributed by atoms with van der Waals surface area (Å²) in [6, 6.07) is 1.38. The van der Waals surface area contributed by atoms with Gasteiger partial charge in [-0.1, -0.05) is 0 Å². The Bertz CT molecular complexity index is 542. The first-order valence-electron chi connectivity index (χ1n) is 6.46. The standard InChI is InChI=1S/C14H19N3O3/c1-5-20-14(18)11-7-12(17(3)16-11)10-8-15-9(2)6-13(10)19-4/h6-8,11,16H,5H2,1-4H3. The van der Waals surface area contributed by atoms with Crippen molar-refractivity contribution in [1.29, 1.82) is 0 Å². The second-order valence-electron chi connectivity index (χ2n) is 4.50. The molecule has 2 heterocycles. The van der Waals surface area contributed by atoms with Gasteiger partial charge >= 0.3 is 5.97 Å². The van der Waals surface area contributed by atoms with Crippen LogP contribution >= 0.6 is 0 Å². The summed E-state index contributed by atoms with van der Waals surface area (Å²) in [5, 5.41) is 1.77. The molecular formula is C14H19N3O3. The number of methoxy groups -OCH3 is 1. The average molecular weight is 277 g/mol. The molecule has 0 saturated heterocycles. The number of esters is 1. The molecule has 6 heteroatoms. The minimum absolute atomic E-state index is 0.298. The van der Waals surface area contributed by atoms with E-state index in [-0.39, 0.29) is 5.97 Å². The van der Waals surface area contributed by atoms with E-state index in [0.717, 1.165) is 22.7 Å². The summed E-state index contributed by atoms with van der Waals surface area (Å²) >= 11 is 0. The van der Waals surface area contributed by atoms with E-state index in [2.05, 4.69) is 10.4 Å². The van der Waals surface area contributed by atoms with Crippen LogP contribution in [0.15, 0.2) is 18.3 Å². The topological polar surface area (TPSA) is 63.7 Å². The first-order chi connectivity index (χ1) is 9.56. The number of nitrogens with one attached hydrogen (secondary N) is 1. The van der Waals surface area contributed by atoms with Crippen LogP contribution in [-0.4, -0.2) is 42.8 Å². The fourth-order valence-electron chi connectivity index (χ4n) is 2.10. The number of carbonyl (C=O) groups is 1. The van der Waals surface area contributed by atoms with Crippen molar-refractivity contribution in [3.63, 3.8) is 0 Å². The number of rotatable bonds is 4. The lowest BCUT2D eigenvalue weighted by atomic mass is 10.1. The molecule has 2 rings (SSSR count). The van der Waals surface area contributed by atoms with Gasteiger partial charge in [-0.15, -0.1) is 0 Å². The minimum Gasteiger partial charge on any atom is -0.496 e. The monoisotopic (exact) mass is 277 g/mol. The van der Waals surface area contributed by atoms with Crippen molar-refractivity contribution in [3.8, 4) is 5.75 Å². The Morgan fingerprint density at radius 3 is 2.95 bits per heavy atom. The molecule has 6 nitrogen and oxygen atoms in total. The van der Waals surface area contributed by atoms with Gasteiger partial charge < -0.3 is 14.5 Å². The van der Waals surface area contributed by atoms with E-state index in [9.17, 15) is 4.79 Å². The molecule has 1 aliphatic rings. The third-order valence-electron chi connectivity index (χ3n) is 3.06. The van der Waals surface area contributed by atoms with Crippen molar-refractivity contribution in [3.05, 3.63) is 29.6 Å². The molecule has 0 spiro atoms. The van der Waals surface area contributed by atoms with Gasteiger partial charge in [0, 0.05) is 25.0 Å². The number of aryl methyl sites for hydroxylation is 1. The Labute approximate surface area is 118 Å². The molecule has 0 radical (unpaired) electrons. The predicted octanol–water partition coefficient (Wildman–Crippen LogP) is 1.12. The van der Waals surface area contributed by atoms with E-state index in [1.54, 1.807) is 25.2 Å². The average Bonchev–Trinajstić information content (AvgIpc) is 2.81. The molecule has 20 heavy (non-hydrogen) atoms. The molecule has 0 aromatic carbocycles. The van der Waals surface area contributed by atoms with Gasteiger partial charge in [0.1, 0.15) is 11.8 Å². The SMILES string of the molecule is CCOC(=O)C1C=C(c2cnc(C)cc2OC)N(C)N1. The van der Waals surface area contributed by atoms with E-state index in [1.807, 2.05) is 26.1 Å². The Morgan fingerprint density at radius 1 is 1.55 bits per heavy atom. The first-order valence-corrected chi connectivity index (χ1v) is 6.46. The largest absolute Gasteiger partial charge is 0.496 e. The van der Waals surface area contributed by atoms with E-state index in [0.29, 0.717) is 6.61 Å². The van der Waals surface area contributed by atoms with Gasteiger partial charge in [-0.05, 0) is 19.9 Å². The summed E-state index contributed by atoms with van der Waals surface area (Å²) in [6.45, 7) is 4.05. The molecule has 0 amide bonds. The molecule has 1 N–H and O–H groups in total. The molecule has 0 saturated carbocycles. The zero-order valence-electron chi connectivity index (χ0n) is 12.1. The van der Waals surface area contributed by atoms with Crippen molar-refractivity contribution < 1.29 is 14.3 Å². The first kappa shape index (κ1) is 14.3. The van der Waals surface area contributed by atoms with E-state index in [4.69, 9.17) is 9.47 Å². The smallest absolute Gasteiger partial charge is 0.329 e. The highest BCUT2D eigenvalue weighted by Gasteiger charge is 2.29. The van der Waals surface area contributed by atoms with Crippen LogP contribution in [0.4, 0.5) is 0 Å². The Balaban J connectivity index is 2.32. The summed E-state index contributed by atoms with van der Waals surface area (Å²) in [6.07, 6.45) is 3.55. The number of nitrogens with zero attached hydrogens (tertiary/aromatic N) is 2. The number of carbonyl (C=O) groups excluding carboxylic acids is 1. The van der Waals surface area contributed by atoms with Crippen LogP contribution in [0.25, 0.3) is 5.70 Å². The Hall–Kier alpha value is -2.08. The van der Waals surface area contributed by atoms with Crippen LogP contribution in [0.5, 0.6) is 5.75 Å². The van der Waals surface area contributed by atoms with Crippen molar-refractivity contribution in [2.45, 2.75) is 19.9 Å². The van der Waals surface area contributed by atoms with E-state index >= 15 is 0 Å². The molecule has 1 aliphatic heterocycles. The molecular weight excluding hydrogens is 258 g/mol. The highest BCUT2D eigenvalue weighted by atomic mass is 16.5. The number of hydrogen-bond donors (Lipinski definition) is 1. The molecule has 108 valence electrons. The number of aromatic nitrogens is 1. The van der Waals surface area contributed by atoms with Gasteiger partial charge in [0.2, 0.25) is 0 Å². The van der Waals surface area contributed by atoms with Crippen LogP contribution in [-0.2, 0) is 9.53 Å². The van der Waals surface area contributed by atoms with Gasteiger partial charge in [0.15, 0.2) is 0 Å². The van der Waals surface area contributed by atoms with Gasteiger partial charge in [-0.25, -0.2) is 10.2 Å². The van der Waals surface area contributed by atoms with Crippen molar-refractivity contribution >= 4 is 11.7 Å². The Kier molecular flexibility index (Phi) is 4.24. The normalized spacial score (nSPS) is 17.9. The zero-order valence-corrected chi connectivity index (χ0v) is 12.1. The molecule has 0 fully saturated rings. The maximum absolute atomic E-state index is 11.8. The van der Waals surface area contributed by atoms with Crippen molar-refractivity contribution in [1.82, 2.24) is 15.4 Å². The van der Waals surface area contributed by atoms with E-state index < -0.39 is 6.04 Å². The third-order valence-corrected chi connectivity index (χ3v) is 3.06. The quantitative estimate of drug-likeness (QED) is 0.832. The van der Waals surface area contributed by atoms with Gasteiger partial charge in [-0.2, -0.15) is 0 Å². The highest BCUT2D eigenvalue weighted by Crippen LogP contribution is 2.30. The predicted molar refractivity (Wildman–Crippen MR) is 74.8 cm³/mol. The highest BCUT2D eigenvalue weighted by molar-refractivity contribution is 5.84. The molecule has 1 atom stereocenters. The van der Waals surface area contributed by atoms with Crippen molar-refractivity contribution in [2.24, 2.45) is 0 Å². The fourth-order valence-corrected chi connectivity index (χ4v) is 2.10. The molecule has 1 unspecified atom stereocenters. The fraction of sp³-hybridized carbons (Fsp3) is 0.429. The van der Waals surface area contributed by atoms with Gasteiger partial charge in [0.25, 0.3) is 0 Å². The van der Waals surface area contributed by atoms with Crippen LogP contribution < -0.4 is 10.2 Å². The number of hydrogen-bond acceptors (Lipinski definition) is 6. The second-order valence-corrected chi connectivity index (χ2v) is 4.50. The maximum atomic E-state index is 11.8. The zero-order chi connectivity index (χ0) is 14.7. The van der Waals surface area contributed by atoms with Gasteiger partial charge in [0.05, 0.1) is 25.0 Å². The third kappa shape index (κ3) is 2.75. The molecule has 1 aromatic heterocycles. The Morgan fingerprint density at radius 2 is 2.30 bits per heavy atom. The van der Waals surface area contributed by atoms with E-state index in [1.165, 1.54) is 0 Å². The van der Waals surface area contributed by atoms with Crippen LogP contribution in [0.3, 0.4) is 0 Å². The minimum atomic E-state index is -0.485. The summed E-state index contributed by atoms with van der Waals surface area (Å²) in [7, 11) is 3.45. The lowest BCUT2D eigenvalue weighted by molar-refractivity contribution is -0.144. The summed E-state index contributed by atoms with van der Waals surface area (Å²) in [4.78, 5) is 16.1. The van der Waals surface area contributed by atoms with Crippen LogP contribution in [0, 0.1) is 6.92 Å². The number of hydrazine groups is 1. The number of pyridine rings is 1. The second kappa shape index (κ2) is 5.92. The molecule has 0 bridgehead atoms. The van der Waals surface area contributed by atoms with Crippen LogP contribution in [0.1, 0.15) is 18.2 Å². The molecule has 1 aromatic rings. The van der Waals surface area contributed by atoms with Crippen molar-refractivity contribution in [2.75, 3.05) is 20.8 Å². The van der Waals surface area contributed by atoms with Crippen LogP contribution in [0.2, 0.25) is 0 Å². The summed E-state index contributed by atoms with van der Waals surface area (Å²) in [5.41, 5.74) is 5.59. The van der Waals surface area contributed by atoms with Gasteiger partial charge in [-0.3, -0.25) is 4.98 Å². The lowest BCUT2D eigenvalue weighted by Crippen LogP contribution is -2.39. The maximum Gasteiger partial charge on any atom is 0.329 e. The summed E-state index contributed by atoms with van der Waals surface area (Å²) < 4.78 is 10.4. The molecule has 0 aliphatic carbocycles. The summed E-state index contributed by atoms with van der Waals surface area (Å²) in [5.74, 6) is 0.426. The number of ether oxygens (including phenoxy) is 2. The lowest BCUT2D eigenvalue weighted by Gasteiger charge is -2.19.